The summed E-state index contributed by atoms with van der Waals surface area (Å²) in [5.41, 5.74) is 2.01. The molecule has 6 nitrogen and oxygen atoms in total. The van der Waals surface area contributed by atoms with Gasteiger partial charge in [-0.3, -0.25) is 9.59 Å². The number of aryl methyl sites for hydroxylation is 2. The molecule has 0 aliphatic rings. The maximum atomic E-state index is 12.3. The second-order valence-corrected chi connectivity index (χ2v) is 7.54. The predicted molar refractivity (Wildman–Crippen MR) is 117 cm³/mol. The van der Waals surface area contributed by atoms with E-state index in [4.69, 9.17) is 11.6 Å². The first kappa shape index (κ1) is 20.7. The normalized spacial score (nSPS) is 10.5. The molecule has 8 heteroatoms. The fraction of sp³-hybridized carbons (Fsp3) is 0.143. The molecule has 4 rings (SSSR count). The summed E-state index contributed by atoms with van der Waals surface area (Å²) in [7, 11) is 1.66. The summed E-state index contributed by atoms with van der Waals surface area (Å²) < 4.78 is 7.97. The molecule has 0 aliphatic carbocycles. The van der Waals surface area contributed by atoms with Crippen LogP contribution in [0.4, 0.5) is 0 Å². The number of fused-ring (bicyclic) bond motifs is 1. The Morgan fingerprint density at radius 3 is 2.34 bits per heavy atom. The van der Waals surface area contributed by atoms with Gasteiger partial charge in [-0.2, -0.15) is 4.37 Å². The van der Waals surface area contributed by atoms with E-state index in [1.54, 1.807) is 44.3 Å². The first-order valence-corrected chi connectivity index (χ1v) is 9.85. The third-order valence-electron chi connectivity index (χ3n) is 4.45. The minimum Gasteiger partial charge on any atom is -0.301 e. The molecule has 2 aromatic carbocycles. The summed E-state index contributed by atoms with van der Waals surface area (Å²) in [5.74, 6) is 0. The highest BCUT2D eigenvalue weighted by Crippen LogP contribution is 2.24. The first-order chi connectivity index (χ1) is 13.8. The number of benzene rings is 2. The lowest BCUT2D eigenvalue weighted by Crippen LogP contribution is -2.38. The lowest BCUT2D eigenvalue weighted by Gasteiger charge is -2.09. The third-order valence-corrected chi connectivity index (χ3v) is 5.59. The molecule has 0 bridgehead atoms. The van der Waals surface area contributed by atoms with E-state index in [1.807, 2.05) is 25.1 Å². The van der Waals surface area contributed by atoms with Crippen molar-refractivity contribution in [2.45, 2.75) is 13.8 Å². The molecule has 0 amide bonds. The molecule has 0 fully saturated rings. The van der Waals surface area contributed by atoms with Crippen LogP contribution >= 0.6 is 23.1 Å². The predicted octanol–water partition coefficient (Wildman–Crippen LogP) is 3.83. The van der Waals surface area contributed by atoms with Gasteiger partial charge in [0.2, 0.25) is 0 Å². The number of rotatable bonds is 2. The van der Waals surface area contributed by atoms with Crippen LogP contribution in [0.15, 0.2) is 64.2 Å². The van der Waals surface area contributed by atoms with Crippen LogP contribution in [0.2, 0.25) is 0 Å². The van der Waals surface area contributed by atoms with Gasteiger partial charge in [0.15, 0.2) is 0 Å². The Hall–Kier alpha value is -3.03. The van der Waals surface area contributed by atoms with Gasteiger partial charge in [0, 0.05) is 29.8 Å². The Morgan fingerprint density at radius 2 is 1.72 bits per heavy atom. The lowest BCUT2D eigenvalue weighted by atomic mass is 10.2. The Labute approximate surface area is 175 Å². The van der Waals surface area contributed by atoms with Crippen molar-refractivity contribution in [3.63, 3.8) is 0 Å². The minimum atomic E-state index is -0.407. The Kier molecular flexibility index (Phi) is 6.10. The van der Waals surface area contributed by atoms with Crippen molar-refractivity contribution < 1.29 is 4.79 Å². The van der Waals surface area contributed by atoms with Crippen LogP contribution in [0.3, 0.4) is 0 Å². The van der Waals surface area contributed by atoms with E-state index in [2.05, 4.69) is 4.37 Å². The molecule has 4 aromatic rings. The highest BCUT2D eigenvalue weighted by Gasteiger charge is 2.10. The lowest BCUT2D eigenvalue weighted by molar-refractivity contribution is 0.108. The van der Waals surface area contributed by atoms with Crippen LogP contribution in [0, 0.1) is 13.8 Å². The van der Waals surface area contributed by atoms with Crippen molar-refractivity contribution in [2.75, 3.05) is 0 Å². The zero-order valence-electron chi connectivity index (χ0n) is 16.0. The maximum absolute atomic E-state index is 12.3. The number of aromatic nitrogens is 3. The van der Waals surface area contributed by atoms with Crippen LogP contribution in [-0.2, 0) is 7.05 Å². The monoisotopic (exact) mass is 427 g/mol. The molecule has 0 atom stereocenters. The van der Waals surface area contributed by atoms with Crippen LogP contribution in [0.5, 0.6) is 0 Å². The van der Waals surface area contributed by atoms with Gasteiger partial charge in [0.05, 0.1) is 16.1 Å². The topological polar surface area (TPSA) is 74.0 Å². The van der Waals surface area contributed by atoms with Gasteiger partial charge in [-0.05, 0) is 55.2 Å². The molecule has 0 saturated heterocycles. The van der Waals surface area contributed by atoms with Gasteiger partial charge in [-0.1, -0.05) is 30.3 Å². The molecule has 148 valence electrons. The van der Waals surface area contributed by atoms with Crippen molar-refractivity contribution >= 4 is 38.5 Å². The summed E-state index contributed by atoms with van der Waals surface area (Å²) in [6.07, 6.45) is 0. The highest BCUT2D eigenvalue weighted by molar-refractivity contribution is 7.13. The SMILES string of the molecule is Cc1nsc2ccc(-n3c(=O)cc(C)n(C)c3=O)cc12.O=C(Cl)c1ccccc1. The quantitative estimate of drug-likeness (QED) is 0.456. The van der Waals surface area contributed by atoms with Gasteiger partial charge in [0.25, 0.3) is 10.8 Å². The third kappa shape index (κ3) is 4.36. The summed E-state index contributed by atoms with van der Waals surface area (Å²) in [4.78, 5) is 34.8. The molecule has 0 spiro atoms. The molecule has 0 aliphatic heterocycles. The van der Waals surface area contributed by atoms with Crippen molar-refractivity contribution in [3.8, 4) is 5.69 Å². The zero-order chi connectivity index (χ0) is 21.1. The van der Waals surface area contributed by atoms with Gasteiger partial charge < -0.3 is 4.57 Å². The molecule has 0 saturated carbocycles. The Morgan fingerprint density at radius 1 is 1.03 bits per heavy atom. The summed E-state index contributed by atoms with van der Waals surface area (Å²) >= 11 is 6.58. The molecular formula is C21H18ClN3O3S. The molecule has 0 radical (unpaired) electrons. The van der Waals surface area contributed by atoms with E-state index in [9.17, 15) is 14.4 Å². The van der Waals surface area contributed by atoms with Crippen molar-refractivity contribution in [1.82, 2.24) is 13.5 Å². The number of nitrogens with zero attached hydrogens (tertiary/aromatic N) is 3. The molecular weight excluding hydrogens is 410 g/mol. The zero-order valence-corrected chi connectivity index (χ0v) is 17.6. The average molecular weight is 428 g/mol. The van der Waals surface area contributed by atoms with E-state index in [0.717, 1.165) is 15.8 Å². The van der Waals surface area contributed by atoms with Gasteiger partial charge >= 0.3 is 5.69 Å². The number of hydrogen-bond acceptors (Lipinski definition) is 5. The maximum Gasteiger partial charge on any atom is 0.335 e. The van der Waals surface area contributed by atoms with E-state index in [-0.39, 0.29) is 11.2 Å². The van der Waals surface area contributed by atoms with E-state index >= 15 is 0 Å². The highest BCUT2D eigenvalue weighted by atomic mass is 35.5. The van der Waals surface area contributed by atoms with E-state index in [0.29, 0.717) is 16.9 Å². The second-order valence-electron chi connectivity index (χ2n) is 6.39. The van der Waals surface area contributed by atoms with Crippen molar-refractivity contribution in [1.29, 1.82) is 0 Å². The van der Waals surface area contributed by atoms with Gasteiger partial charge in [0.1, 0.15) is 0 Å². The van der Waals surface area contributed by atoms with Crippen molar-refractivity contribution in [2.24, 2.45) is 7.05 Å². The van der Waals surface area contributed by atoms with Gasteiger partial charge in [-0.15, -0.1) is 0 Å². The van der Waals surface area contributed by atoms with E-state index < -0.39 is 5.24 Å². The van der Waals surface area contributed by atoms with Crippen LogP contribution in [0.1, 0.15) is 21.7 Å². The number of carbonyl (C=O) groups is 1. The van der Waals surface area contributed by atoms with Gasteiger partial charge in [-0.25, -0.2) is 9.36 Å². The van der Waals surface area contributed by atoms with Crippen LogP contribution in [0.25, 0.3) is 15.8 Å². The Bertz CT molecular complexity index is 1310. The molecule has 0 N–H and O–H groups in total. The fourth-order valence-electron chi connectivity index (χ4n) is 2.73. The summed E-state index contributed by atoms with van der Waals surface area (Å²) in [6.45, 7) is 3.65. The molecule has 2 aromatic heterocycles. The Balaban J connectivity index is 0.000000224. The number of halogens is 1. The molecule has 0 unspecified atom stereocenters. The number of hydrogen-bond donors (Lipinski definition) is 0. The average Bonchev–Trinajstić information content (AvgIpc) is 3.08. The summed E-state index contributed by atoms with van der Waals surface area (Å²) in [6, 6.07) is 15.7. The van der Waals surface area contributed by atoms with Crippen LogP contribution in [-0.4, -0.2) is 18.8 Å². The van der Waals surface area contributed by atoms with Crippen molar-refractivity contribution in [3.05, 3.63) is 92.4 Å². The van der Waals surface area contributed by atoms with Crippen LogP contribution < -0.4 is 11.2 Å². The van der Waals surface area contributed by atoms with E-state index in [1.165, 1.54) is 26.7 Å². The standard InChI is InChI=1S/C14H13N3O2S.C7H5ClO/c1-8-6-13(18)17(14(19)16(8)3)10-4-5-12-11(7-10)9(2)15-20-12;8-7(9)6-4-2-1-3-5-6/h4-7H,1-3H3;1-5H. The molecule has 2 heterocycles. The first-order valence-electron chi connectivity index (χ1n) is 8.70. The fourth-order valence-corrected chi connectivity index (χ4v) is 3.62. The smallest absolute Gasteiger partial charge is 0.301 e. The number of carbonyl (C=O) groups excluding carboxylic acids is 1. The largest absolute Gasteiger partial charge is 0.335 e. The second kappa shape index (κ2) is 8.55. The minimum absolute atomic E-state index is 0.314. The molecule has 29 heavy (non-hydrogen) atoms. The summed E-state index contributed by atoms with van der Waals surface area (Å²) in [5, 5.41) is 0.567.